The van der Waals surface area contributed by atoms with Crippen LogP contribution in [0.1, 0.15) is 20.8 Å². The highest BCUT2D eigenvalue weighted by molar-refractivity contribution is 7.99. The molecule has 0 radical (unpaired) electrons. The second kappa shape index (κ2) is 9.11. The standard InChI is InChI=1S/C20H31N3O2S/c1-15(2)11-22-8-9-25-17(12-22)10-21-20(24)13-23-16(3)14-26-19-7-5-4-6-18(19)23/h4-7,15-17H,8-14H2,1-3H3,(H,21,24)/t16-,17-/m0/s1. The number of fused-ring (bicyclic) bond motifs is 1. The first-order chi connectivity index (χ1) is 12.5. The minimum atomic E-state index is 0.0723. The molecule has 5 nitrogen and oxygen atoms in total. The molecular formula is C20H31N3O2S. The molecule has 2 atom stereocenters. The summed E-state index contributed by atoms with van der Waals surface area (Å²) in [5, 5.41) is 3.09. The van der Waals surface area contributed by atoms with Crippen LogP contribution < -0.4 is 10.2 Å². The number of ether oxygens (including phenoxy) is 1. The van der Waals surface area contributed by atoms with Crippen LogP contribution >= 0.6 is 11.8 Å². The van der Waals surface area contributed by atoms with Gasteiger partial charge in [0.25, 0.3) is 0 Å². The molecule has 1 aromatic carbocycles. The molecule has 1 fully saturated rings. The van der Waals surface area contributed by atoms with E-state index in [1.165, 1.54) is 10.6 Å². The van der Waals surface area contributed by atoms with Crippen LogP contribution in [0.3, 0.4) is 0 Å². The molecule has 2 aliphatic heterocycles. The summed E-state index contributed by atoms with van der Waals surface area (Å²) in [7, 11) is 0. The van der Waals surface area contributed by atoms with Gasteiger partial charge in [0.15, 0.2) is 0 Å². The van der Waals surface area contributed by atoms with Gasteiger partial charge in [-0.25, -0.2) is 0 Å². The van der Waals surface area contributed by atoms with E-state index in [0.717, 1.165) is 32.0 Å². The van der Waals surface area contributed by atoms with Gasteiger partial charge in [0.1, 0.15) is 0 Å². The topological polar surface area (TPSA) is 44.8 Å². The molecule has 144 valence electrons. The second-order valence-corrected chi connectivity index (χ2v) is 8.77. The number of carbonyl (C=O) groups is 1. The normalized spacial score (nSPS) is 23.8. The number of carbonyl (C=O) groups excluding carboxylic acids is 1. The number of hydrogen-bond acceptors (Lipinski definition) is 5. The maximum absolute atomic E-state index is 12.5. The molecule has 0 aromatic heterocycles. The largest absolute Gasteiger partial charge is 0.374 e. The highest BCUT2D eigenvalue weighted by Crippen LogP contribution is 2.36. The van der Waals surface area contributed by atoms with Crippen molar-refractivity contribution in [3.05, 3.63) is 24.3 Å². The number of thioether (sulfide) groups is 1. The predicted molar refractivity (Wildman–Crippen MR) is 108 cm³/mol. The number of rotatable bonds is 6. The summed E-state index contributed by atoms with van der Waals surface area (Å²) in [5.74, 6) is 1.74. The Morgan fingerprint density at radius 3 is 3.00 bits per heavy atom. The molecule has 0 saturated carbocycles. The van der Waals surface area contributed by atoms with E-state index in [0.29, 0.717) is 25.0 Å². The monoisotopic (exact) mass is 377 g/mol. The molecular weight excluding hydrogens is 346 g/mol. The van der Waals surface area contributed by atoms with Gasteiger partial charge in [0.05, 0.1) is 24.9 Å². The average molecular weight is 378 g/mol. The van der Waals surface area contributed by atoms with Crippen molar-refractivity contribution in [3.63, 3.8) is 0 Å². The van der Waals surface area contributed by atoms with Crippen molar-refractivity contribution < 1.29 is 9.53 Å². The summed E-state index contributed by atoms with van der Waals surface area (Å²) in [5.41, 5.74) is 1.17. The van der Waals surface area contributed by atoms with Crippen molar-refractivity contribution in [3.8, 4) is 0 Å². The first kappa shape index (κ1) is 19.5. The minimum absolute atomic E-state index is 0.0723. The van der Waals surface area contributed by atoms with Gasteiger partial charge in [-0.1, -0.05) is 26.0 Å². The quantitative estimate of drug-likeness (QED) is 0.825. The molecule has 3 rings (SSSR count). The summed E-state index contributed by atoms with van der Waals surface area (Å²) in [6, 6.07) is 8.70. The molecule has 1 amide bonds. The zero-order valence-corrected chi connectivity index (χ0v) is 16.9. The van der Waals surface area contributed by atoms with Crippen molar-refractivity contribution in [2.24, 2.45) is 5.92 Å². The molecule has 6 heteroatoms. The van der Waals surface area contributed by atoms with Crippen LogP contribution in [0.4, 0.5) is 5.69 Å². The van der Waals surface area contributed by atoms with Crippen LogP contribution in [0, 0.1) is 5.92 Å². The Balaban J connectivity index is 1.50. The van der Waals surface area contributed by atoms with E-state index in [9.17, 15) is 4.79 Å². The van der Waals surface area contributed by atoms with E-state index in [4.69, 9.17) is 4.74 Å². The van der Waals surface area contributed by atoms with Crippen molar-refractivity contribution >= 4 is 23.4 Å². The smallest absolute Gasteiger partial charge is 0.239 e. The van der Waals surface area contributed by atoms with Gasteiger partial charge >= 0.3 is 0 Å². The van der Waals surface area contributed by atoms with Crippen molar-refractivity contribution in [2.45, 2.75) is 37.8 Å². The summed E-state index contributed by atoms with van der Waals surface area (Å²) < 4.78 is 5.83. The van der Waals surface area contributed by atoms with E-state index in [-0.39, 0.29) is 12.0 Å². The lowest BCUT2D eigenvalue weighted by atomic mass is 10.2. The number of hydrogen-bond donors (Lipinski definition) is 1. The molecule has 0 unspecified atom stereocenters. The van der Waals surface area contributed by atoms with Crippen LogP contribution in [0.15, 0.2) is 29.2 Å². The molecule has 0 aliphatic carbocycles. The predicted octanol–water partition coefficient (Wildman–Crippen LogP) is 2.46. The second-order valence-electron chi connectivity index (χ2n) is 7.71. The van der Waals surface area contributed by atoms with Crippen molar-refractivity contribution in [1.29, 1.82) is 0 Å². The highest BCUT2D eigenvalue weighted by Gasteiger charge is 2.26. The Kier molecular flexibility index (Phi) is 6.84. The molecule has 2 aliphatic rings. The Labute approximate surface area is 161 Å². The molecule has 0 bridgehead atoms. The van der Waals surface area contributed by atoms with Gasteiger partial charge in [0, 0.05) is 42.9 Å². The molecule has 26 heavy (non-hydrogen) atoms. The van der Waals surface area contributed by atoms with E-state index >= 15 is 0 Å². The third-order valence-corrected chi connectivity index (χ3v) is 6.18. The maximum Gasteiger partial charge on any atom is 0.239 e. The average Bonchev–Trinajstić information content (AvgIpc) is 2.62. The zero-order chi connectivity index (χ0) is 18.5. The van der Waals surface area contributed by atoms with Crippen LogP contribution in [-0.2, 0) is 9.53 Å². The van der Waals surface area contributed by atoms with Crippen LogP contribution in [0.25, 0.3) is 0 Å². The number of benzene rings is 1. The van der Waals surface area contributed by atoms with Crippen LogP contribution in [0.2, 0.25) is 0 Å². The van der Waals surface area contributed by atoms with Crippen LogP contribution in [0.5, 0.6) is 0 Å². The minimum Gasteiger partial charge on any atom is -0.374 e. The summed E-state index contributed by atoms with van der Waals surface area (Å²) in [6.07, 6.45) is 0.0908. The van der Waals surface area contributed by atoms with Crippen LogP contribution in [-0.4, -0.2) is 68.0 Å². The van der Waals surface area contributed by atoms with Gasteiger partial charge in [-0.3, -0.25) is 9.69 Å². The zero-order valence-electron chi connectivity index (χ0n) is 16.1. The summed E-state index contributed by atoms with van der Waals surface area (Å²) >= 11 is 1.87. The number of nitrogens with one attached hydrogen (secondary N) is 1. The third kappa shape index (κ3) is 5.15. The third-order valence-electron chi connectivity index (χ3n) is 4.87. The van der Waals surface area contributed by atoms with Gasteiger partial charge < -0.3 is 15.0 Å². The number of nitrogens with zero attached hydrogens (tertiary/aromatic N) is 2. The number of amides is 1. The van der Waals surface area contributed by atoms with Crippen molar-refractivity contribution in [2.75, 3.05) is 50.0 Å². The number of para-hydroxylation sites is 1. The fourth-order valence-corrected chi connectivity index (χ4v) is 4.73. The lowest BCUT2D eigenvalue weighted by Gasteiger charge is -2.36. The lowest BCUT2D eigenvalue weighted by Crippen LogP contribution is -2.50. The van der Waals surface area contributed by atoms with E-state index < -0.39 is 0 Å². The molecule has 0 spiro atoms. The Morgan fingerprint density at radius 2 is 2.19 bits per heavy atom. The van der Waals surface area contributed by atoms with Gasteiger partial charge in [-0.15, -0.1) is 11.8 Å². The first-order valence-electron chi connectivity index (χ1n) is 9.62. The molecule has 1 saturated heterocycles. The van der Waals surface area contributed by atoms with E-state index in [2.05, 4.69) is 54.1 Å². The molecule has 2 heterocycles. The van der Waals surface area contributed by atoms with Gasteiger partial charge in [0.2, 0.25) is 5.91 Å². The summed E-state index contributed by atoms with van der Waals surface area (Å²) in [4.78, 5) is 18.5. The van der Waals surface area contributed by atoms with Gasteiger partial charge in [-0.2, -0.15) is 0 Å². The SMILES string of the molecule is CC(C)CN1CCO[C@@H](CNC(=O)CN2c3ccccc3SC[C@@H]2C)C1. The lowest BCUT2D eigenvalue weighted by molar-refractivity contribution is -0.121. The Hall–Kier alpha value is -1.24. The fourth-order valence-electron chi connectivity index (χ4n) is 3.62. The Bertz CT molecular complexity index is 610. The number of morpholine rings is 1. The highest BCUT2D eigenvalue weighted by atomic mass is 32.2. The molecule has 1 N–H and O–H groups in total. The fraction of sp³-hybridized carbons (Fsp3) is 0.650. The van der Waals surface area contributed by atoms with Gasteiger partial charge in [-0.05, 0) is 25.0 Å². The van der Waals surface area contributed by atoms with E-state index in [1.54, 1.807) is 0 Å². The number of anilines is 1. The van der Waals surface area contributed by atoms with Crippen molar-refractivity contribution in [1.82, 2.24) is 10.2 Å². The van der Waals surface area contributed by atoms with E-state index in [1.807, 2.05) is 17.8 Å². The molecule has 1 aromatic rings. The first-order valence-corrected chi connectivity index (χ1v) is 10.6. The maximum atomic E-state index is 12.5. The Morgan fingerprint density at radius 1 is 1.38 bits per heavy atom. The summed E-state index contributed by atoms with van der Waals surface area (Å²) in [6.45, 7) is 11.4.